The number of rotatable bonds is 5. The summed E-state index contributed by atoms with van der Waals surface area (Å²) < 4.78 is 56.0. The van der Waals surface area contributed by atoms with Crippen molar-refractivity contribution >= 4 is 17.7 Å². The van der Waals surface area contributed by atoms with Crippen LogP contribution < -0.4 is 5.73 Å². The molecule has 1 aromatic heterocycles. The van der Waals surface area contributed by atoms with Gasteiger partial charge in [-0.15, -0.1) is 11.8 Å². The Morgan fingerprint density at radius 1 is 1.04 bits per heavy atom. The Bertz CT molecular complexity index is 1040. The maximum absolute atomic E-state index is 14.5. The van der Waals surface area contributed by atoms with Crippen molar-refractivity contribution in [1.82, 2.24) is 4.98 Å². The third-order valence-corrected chi connectivity index (χ3v) is 5.37. The first-order chi connectivity index (χ1) is 13.3. The number of benzene rings is 2. The summed E-state index contributed by atoms with van der Waals surface area (Å²) in [4.78, 5) is 15.8. The molecule has 0 fully saturated rings. The van der Waals surface area contributed by atoms with Crippen molar-refractivity contribution < 1.29 is 22.4 Å². The Balaban J connectivity index is 2.16. The number of thioether (sulfide) groups is 1. The summed E-state index contributed by atoms with van der Waals surface area (Å²) in [7, 11) is 0. The van der Waals surface area contributed by atoms with Crippen LogP contribution in [0.5, 0.6) is 0 Å². The summed E-state index contributed by atoms with van der Waals surface area (Å²) >= 11 is 1.000. The molecule has 0 aliphatic rings. The third kappa shape index (κ3) is 4.01. The van der Waals surface area contributed by atoms with Crippen LogP contribution in [-0.4, -0.2) is 10.9 Å². The summed E-state index contributed by atoms with van der Waals surface area (Å²) in [5.41, 5.74) is 5.57. The zero-order chi connectivity index (χ0) is 20.4. The average Bonchev–Trinajstić information content (AvgIpc) is 2.66. The van der Waals surface area contributed by atoms with Gasteiger partial charge in [-0.05, 0) is 60.5 Å². The Labute approximate surface area is 162 Å². The first kappa shape index (κ1) is 19.9. The van der Waals surface area contributed by atoms with Crippen LogP contribution in [0.25, 0.3) is 0 Å². The van der Waals surface area contributed by atoms with Gasteiger partial charge in [-0.1, -0.05) is 0 Å². The molecule has 28 heavy (non-hydrogen) atoms. The van der Waals surface area contributed by atoms with Crippen molar-refractivity contribution in [2.45, 2.75) is 17.1 Å². The molecule has 0 aliphatic heterocycles. The Hall–Kier alpha value is -2.87. The van der Waals surface area contributed by atoms with Gasteiger partial charge in [0.15, 0.2) is 11.6 Å². The van der Waals surface area contributed by atoms with Crippen LogP contribution in [0.15, 0.2) is 53.6 Å². The molecule has 0 saturated heterocycles. The topological polar surface area (TPSA) is 56.0 Å². The predicted molar refractivity (Wildman–Crippen MR) is 97.9 cm³/mol. The van der Waals surface area contributed by atoms with Crippen molar-refractivity contribution in [2.75, 3.05) is 0 Å². The number of nitrogens with zero attached hydrogens (tertiary/aromatic N) is 1. The molecule has 8 heteroatoms. The van der Waals surface area contributed by atoms with Crippen LogP contribution in [0.4, 0.5) is 17.6 Å². The summed E-state index contributed by atoms with van der Waals surface area (Å²) in [5, 5.41) is -1.03. The lowest BCUT2D eigenvalue weighted by Crippen LogP contribution is -2.14. The lowest BCUT2D eigenvalue weighted by molar-refractivity contribution is 0.0995. The molecule has 144 valence electrons. The normalized spacial score (nSPS) is 12.0. The van der Waals surface area contributed by atoms with Crippen molar-refractivity contribution in [3.05, 3.63) is 94.3 Å². The van der Waals surface area contributed by atoms with Crippen LogP contribution in [0.2, 0.25) is 0 Å². The largest absolute Gasteiger partial charge is 0.364 e. The summed E-state index contributed by atoms with van der Waals surface area (Å²) in [5.74, 6) is -4.66. The second-order valence-corrected chi connectivity index (χ2v) is 7.18. The number of amides is 1. The molecule has 0 saturated carbocycles. The summed E-state index contributed by atoms with van der Waals surface area (Å²) in [6.07, 6.45) is 1.28. The number of aromatic nitrogens is 1. The van der Waals surface area contributed by atoms with Gasteiger partial charge in [-0.25, -0.2) is 17.6 Å². The van der Waals surface area contributed by atoms with E-state index < -0.39 is 40.0 Å². The number of hydrogen-bond acceptors (Lipinski definition) is 3. The summed E-state index contributed by atoms with van der Waals surface area (Å²) in [6, 6.07) is 8.25. The van der Waals surface area contributed by atoms with Crippen LogP contribution in [0.3, 0.4) is 0 Å². The maximum atomic E-state index is 14.5. The molecular formula is C20H14F4N2OS. The van der Waals surface area contributed by atoms with Crippen molar-refractivity contribution in [3.8, 4) is 0 Å². The molecule has 2 aromatic carbocycles. The first-order valence-corrected chi connectivity index (χ1v) is 8.98. The molecule has 0 aliphatic carbocycles. The van der Waals surface area contributed by atoms with Crippen LogP contribution in [0, 0.1) is 30.2 Å². The minimum absolute atomic E-state index is 0.00744. The van der Waals surface area contributed by atoms with Crippen LogP contribution in [0.1, 0.15) is 32.4 Å². The van der Waals surface area contributed by atoms with E-state index in [9.17, 15) is 22.4 Å². The number of pyridine rings is 1. The fourth-order valence-corrected chi connectivity index (χ4v) is 3.96. The van der Waals surface area contributed by atoms with Gasteiger partial charge in [-0.2, -0.15) is 0 Å². The average molecular weight is 406 g/mol. The fourth-order valence-electron chi connectivity index (χ4n) is 2.69. The van der Waals surface area contributed by atoms with Gasteiger partial charge < -0.3 is 5.73 Å². The Morgan fingerprint density at radius 3 is 2.29 bits per heavy atom. The van der Waals surface area contributed by atoms with Gasteiger partial charge in [-0.3, -0.25) is 9.78 Å². The van der Waals surface area contributed by atoms with Crippen molar-refractivity contribution in [2.24, 2.45) is 5.73 Å². The molecule has 1 heterocycles. The molecule has 3 nitrogen and oxygen atoms in total. The van der Waals surface area contributed by atoms with E-state index in [1.165, 1.54) is 36.5 Å². The molecule has 3 rings (SSSR count). The second-order valence-electron chi connectivity index (χ2n) is 6.00. The van der Waals surface area contributed by atoms with E-state index in [0.717, 1.165) is 17.8 Å². The monoisotopic (exact) mass is 406 g/mol. The highest BCUT2D eigenvalue weighted by molar-refractivity contribution is 7.99. The number of nitrogens with two attached hydrogens (primary N) is 1. The highest BCUT2D eigenvalue weighted by Gasteiger charge is 2.27. The highest BCUT2D eigenvalue weighted by Crippen LogP contribution is 2.43. The molecule has 1 amide bonds. The number of primary amides is 1. The molecule has 1 atom stereocenters. The minimum atomic E-state index is -1.32. The zero-order valence-corrected chi connectivity index (χ0v) is 15.4. The van der Waals surface area contributed by atoms with Gasteiger partial charge in [0.2, 0.25) is 0 Å². The third-order valence-electron chi connectivity index (χ3n) is 4.10. The molecule has 0 bridgehead atoms. The van der Waals surface area contributed by atoms with Gasteiger partial charge in [0, 0.05) is 16.7 Å². The van der Waals surface area contributed by atoms with E-state index in [0.29, 0.717) is 22.1 Å². The zero-order valence-electron chi connectivity index (χ0n) is 14.5. The van der Waals surface area contributed by atoms with Gasteiger partial charge in [0.1, 0.15) is 17.3 Å². The SMILES string of the molecule is Cc1cc(C(N)=O)ncc1C(Sc1ccc(F)cc1)c1c(F)ccc(F)c1F. The predicted octanol–water partition coefficient (Wildman–Crippen LogP) is 4.93. The first-order valence-electron chi connectivity index (χ1n) is 8.10. The summed E-state index contributed by atoms with van der Waals surface area (Å²) in [6.45, 7) is 1.62. The Morgan fingerprint density at radius 2 is 1.68 bits per heavy atom. The maximum Gasteiger partial charge on any atom is 0.267 e. The van der Waals surface area contributed by atoms with Crippen molar-refractivity contribution in [3.63, 3.8) is 0 Å². The number of hydrogen-bond donors (Lipinski definition) is 1. The quantitative estimate of drug-likeness (QED) is 0.371. The number of carbonyl (C=O) groups excluding carboxylic acids is 1. The van der Waals surface area contributed by atoms with E-state index in [2.05, 4.69) is 4.98 Å². The standard InChI is InChI=1S/C20H14F4N2OS/c1-10-8-16(20(25)27)26-9-13(10)19(28-12-4-2-11(21)3-5-12)17-14(22)6-7-15(23)18(17)24/h2-9,19H,1H3,(H2,25,27). The van der Waals surface area contributed by atoms with E-state index in [4.69, 9.17) is 5.73 Å². The number of aryl methyl sites for hydroxylation is 1. The van der Waals surface area contributed by atoms with Crippen LogP contribution >= 0.6 is 11.8 Å². The molecule has 0 radical (unpaired) electrons. The van der Waals surface area contributed by atoms with E-state index in [-0.39, 0.29) is 5.69 Å². The molecule has 3 aromatic rings. The van der Waals surface area contributed by atoms with Crippen LogP contribution in [-0.2, 0) is 0 Å². The Kier molecular flexibility index (Phi) is 5.69. The molecule has 2 N–H and O–H groups in total. The van der Waals surface area contributed by atoms with Crippen molar-refractivity contribution in [1.29, 1.82) is 0 Å². The van der Waals surface area contributed by atoms with E-state index in [1.807, 2.05) is 0 Å². The van der Waals surface area contributed by atoms with E-state index in [1.54, 1.807) is 6.92 Å². The van der Waals surface area contributed by atoms with Gasteiger partial charge in [0.25, 0.3) is 5.91 Å². The second kappa shape index (κ2) is 8.02. The number of halogens is 4. The van der Waals surface area contributed by atoms with Gasteiger partial charge >= 0.3 is 0 Å². The highest BCUT2D eigenvalue weighted by atomic mass is 32.2. The number of carbonyl (C=O) groups is 1. The fraction of sp³-hybridized carbons (Fsp3) is 0.100. The molecule has 0 spiro atoms. The lowest BCUT2D eigenvalue weighted by Gasteiger charge is -2.21. The smallest absolute Gasteiger partial charge is 0.267 e. The minimum Gasteiger partial charge on any atom is -0.364 e. The molecule has 1 unspecified atom stereocenters. The molecular weight excluding hydrogens is 392 g/mol. The van der Waals surface area contributed by atoms with E-state index >= 15 is 0 Å². The lowest BCUT2D eigenvalue weighted by atomic mass is 10.00. The van der Waals surface area contributed by atoms with Gasteiger partial charge in [0.05, 0.1) is 5.25 Å².